The molecule has 1 amide bonds. The van der Waals surface area contributed by atoms with Crippen molar-refractivity contribution < 1.29 is 23.8 Å². The highest BCUT2D eigenvalue weighted by atomic mass is 35.5. The minimum Gasteiger partial charge on any atom is -0.489 e. The maximum absolute atomic E-state index is 12.1. The number of rotatable bonds is 6. The predicted molar refractivity (Wildman–Crippen MR) is 89.9 cm³/mol. The molecular formula is C17H22ClNO5. The first-order chi connectivity index (χ1) is 11.5. The van der Waals surface area contributed by atoms with E-state index in [9.17, 15) is 9.59 Å². The van der Waals surface area contributed by atoms with Crippen LogP contribution in [0.15, 0.2) is 12.1 Å². The quantitative estimate of drug-likeness (QED) is 0.794. The van der Waals surface area contributed by atoms with E-state index < -0.39 is 5.97 Å². The van der Waals surface area contributed by atoms with Gasteiger partial charge in [0, 0.05) is 12.5 Å². The van der Waals surface area contributed by atoms with Crippen molar-refractivity contribution in [3.05, 3.63) is 22.7 Å². The zero-order valence-corrected chi connectivity index (χ0v) is 14.6. The molecule has 1 N–H and O–H groups in total. The molecule has 6 nitrogen and oxygen atoms in total. The third-order valence-corrected chi connectivity index (χ3v) is 4.00. The number of amides is 1. The number of ether oxygens (including phenoxy) is 3. The molecule has 0 unspecified atom stereocenters. The molecule has 0 fully saturated rings. The second-order valence-electron chi connectivity index (χ2n) is 5.49. The number of fused-ring (bicyclic) bond motifs is 1. The smallest absolute Gasteiger partial charge is 0.338 e. The highest BCUT2D eigenvalue weighted by molar-refractivity contribution is 6.32. The molecule has 0 radical (unpaired) electrons. The average Bonchev–Trinajstić information content (AvgIpc) is 2.83. The molecule has 0 spiro atoms. The monoisotopic (exact) mass is 355 g/mol. The molecule has 1 heterocycles. The molecule has 0 saturated heterocycles. The summed E-state index contributed by atoms with van der Waals surface area (Å²) in [6.45, 7) is 4.63. The molecule has 0 saturated carbocycles. The van der Waals surface area contributed by atoms with Crippen molar-refractivity contribution in [2.24, 2.45) is 0 Å². The normalized spacial score (nSPS) is 13.3. The van der Waals surface area contributed by atoms with Crippen LogP contribution in [0.1, 0.15) is 43.5 Å². The van der Waals surface area contributed by atoms with E-state index in [1.165, 1.54) is 12.1 Å². The molecule has 0 aromatic heterocycles. The molecule has 7 heteroatoms. The summed E-state index contributed by atoms with van der Waals surface area (Å²) >= 11 is 6.14. The SMILES string of the molecule is CCC(CC)NC(=O)COC(=O)c1cc(Cl)c2c(c1)OCCCO2. The summed E-state index contributed by atoms with van der Waals surface area (Å²) in [5.74, 6) is -0.115. The molecule has 2 rings (SSSR count). The average molecular weight is 356 g/mol. The van der Waals surface area contributed by atoms with Crippen molar-refractivity contribution in [3.63, 3.8) is 0 Å². The predicted octanol–water partition coefficient (Wildman–Crippen LogP) is 2.96. The van der Waals surface area contributed by atoms with Crippen LogP contribution >= 0.6 is 11.6 Å². The number of carbonyl (C=O) groups excluding carboxylic acids is 2. The van der Waals surface area contributed by atoms with Gasteiger partial charge in [0.25, 0.3) is 5.91 Å². The van der Waals surface area contributed by atoms with Gasteiger partial charge in [0.2, 0.25) is 0 Å². The lowest BCUT2D eigenvalue weighted by Gasteiger charge is -2.15. The minimum atomic E-state index is -0.632. The number of nitrogens with one attached hydrogen (secondary N) is 1. The second-order valence-corrected chi connectivity index (χ2v) is 5.90. The first kappa shape index (κ1) is 18.4. The Morgan fingerprint density at radius 1 is 1.25 bits per heavy atom. The molecule has 1 aliphatic rings. The fourth-order valence-electron chi connectivity index (χ4n) is 2.33. The van der Waals surface area contributed by atoms with Crippen LogP contribution in [-0.4, -0.2) is 37.7 Å². The molecule has 132 valence electrons. The van der Waals surface area contributed by atoms with Crippen molar-refractivity contribution in [1.29, 1.82) is 0 Å². The van der Waals surface area contributed by atoms with Crippen LogP contribution in [0, 0.1) is 0 Å². The number of hydrogen-bond donors (Lipinski definition) is 1. The topological polar surface area (TPSA) is 73.9 Å². The molecule has 0 bridgehead atoms. The van der Waals surface area contributed by atoms with Gasteiger partial charge < -0.3 is 19.5 Å². The van der Waals surface area contributed by atoms with Gasteiger partial charge in [-0.25, -0.2) is 4.79 Å². The Kier molecular flexibility index (Phi) is 6.73. The Bertz CT molecular complexity index is 601. The highest BCUT2D eigenvalue weighted by Crippen LogP contribution is 2.38. The van der Waals surface area contributed by atoms with Gasteiger partial charge in [-0.15, -0.1) is 0 Å². The third-order valence-electron chi connectivity index (χ3n) is 3.72. The largest absolute Gasteiger partial charge is 0.489 e. The van der Waals surface area contributed by atoms with Gasteiger partial charge in [-0.2, -0.15) is 0 Å². The first-order valence-electron chi connectivity index (χ1n) is 8.10. The van der Waals surface area contributed by atoms with Crippen LogP contribution in [0.4, 0.5) is 0 Å². The number of esters is 1. The van der Waals surface area contributed by atoms with E-state index >= 15 is 0 Å². The van der Waals surface area contributed by atoms with Gasteiger partial charge in [-0.1, -0.05) is 25.4 Å². The van der Waals surface area contributed by atoms with Crippen molar-refractivity contribution in [3.8, 4) is 11.5 Å². The Balaban J connectivity index is 1.99. The molecular weight excluding hydrogens is 334 g/mol. The first-order valence-corrected chi connectivity index (χ1v) is 8.48. The third kappa shape index (κ3) is 4.77. The molecule has 0 aliphatic carbocycles. The zero-order chi connectivity index (χ0) is 17.5. The van der Waals surface area contributed by atoms with Crippen LogP contribution in [0.25, 0.3) is 0 Å². The Morgan fingerprint density at radius 3 is 2.67 bits per heavy atom. The van der Waals surface area contributed by atoms with Crippen LogP contribution in [0.2, 0.25) is 5.02 Å². The van der Waals surface area contributed by atoms with Crippen molar-refractivity contribution >= 4 is 23.5 Å². The fourth-order valence-corrected chi connectivity index (χ4v) is 2.59. The molecule has 1 aromatic carbocycles. The van der Waals surface area contributed by atoms with Crippen LogP contribution in [0.5, 0.6) is 11.5 Å². The lowest BCUT2D eigenvalue weighted by Crippen LogP contribution is -2.36. The Hall–Kier alpha value is -1.95. The van der Waals surface area contributed by atoms with E-state index in [-0.39, 0.29) is 29.1 Å². The lowest BCUT2D eigenvalue weighted by atomic mass is 10.2. The van der Waals surface area contributed by atoms with Crippen LogP contribution < -0.4 is 14.8 Å². The minimum absolute atomic E-state index is 0.0867. The van der Waals surface area contributed by atoms with Gasteiger partial charge in [-0.3, -0.25) is 4.79 Å². The number of benzene rings is 1. The highest BCUT2D eigenvalue weighted by Gasteiger charge is 2.20. The van der Waals surface area contributed by atoms with Gasteiger partial charge in [0.15, 0.2) is 18.1 Å². The molecule has 1 aromatic rings. The van der Waals surface area contributed by atoms with Crippen molar-refractivity contribution in [2.75, 3.05) is 19.8 Å². The number of hydrogen-bond acceptors (Lipinski definition) is 5. The summed E-state index contributed by atoms with van der Waals surface area (Å²) < 4.78 is 16.1. The number of carbonyl (C=O) groups is 2. The zero-order valence-electron chi connectivity index (χ0n) is 13.9. The summed E-state index contributed by atoms with van der Waals surface area (Å²) in [6.07, 6.45) is 2.39. The van der Waals surface area contributed by atoms with Crippen molar-refractivity contribution in [1.82, 2.24) is 5.32 Å². The Morgan fingerprint density at radius 2 is 1.96 bits per heavy atom. The fraction of sp³-hybridized carbons (Fsp3) is 0.529. The van der Waals surface area contributed by atoms with Gasteiger partial charge in [0.1, 0.15) is 0 Å². The Labute approximate surface area is 146 Å². The summed E-state index contributed by atoms with van der Waals surface area (Å²) in [5.41, 5.74) is 0.222. The van der Waals surface area contributed by atoms with E-state index in [1.54, 1.807) is 0 Å². The van der Waals surface area contributed by atoms with E-state index in [0.717, 1.165) is 19.3 Å². The van der Waals surface area contributed by atoms with Crippen LogP contribution in [-0.2, 0) is 9.53 Å². The van der Waals surface area contributed by atoms with Crippen LogP contribution in [0.3, 0.4) is 0 Å². The molecule has 1 aliphatic heterocycles. The molecule has 0 atom stereocenters. The summed E-state index contributed by atoms with van der Waals surface area (Å²) in [5, 5.41) is 3.09. The van der Waals surface area contributed by atoms with Gasteiger partial charge in [0.05, 0.1) is 23.8 Å². The summed E-state index contributed by atoms with van der Waals surface area (Å²) in [6, 6.07) is 3.06. The maximum Gasteiger partial charge on any atom is 0.338 e. The van der Waals surface area contributed by atoms with Gasteiger partial charge in [-0.05, 0) is 25.0 Å². The standard InChI is InChI=1S/C17H22ClNO5/c1-3-12(4-2)19-15(20)10-24-17(21)11-8-13(18)16-14(9-11)22-6-5-7-23-16/h8-9,12H,3-7,10H2,1-2H3,(H,19,20). The molecule has 24 heavy (non-hydrogen) atoms. The summed E-state index contributed by atoms with van der Waals surface area (Å²) in [4.78, 5) is 23.9. The van der Waals surface area contributed by atoms with E-state index in [4.69, 9.17) is 25.8 Å². The van der Waals surface area contributed by atoms with Gasteiger partial charge >= 0.3 is 5.97 Å². The maximum atomic E-state index is 12.1. The second kappa shape index (κ2) is 8.78. The number of halogens is 1. The van der Waals surface area contributed by atoms with E-state index in [0.29, 0.717) is 24.7 Å². The van der Waals surface area contributed by atoms with E-state index in [2.05, 4.69) is 5.32 Å². The van der Waals surface area contributed by atoms with E-state index in [1.807, 2.05) is 13.8 Å². The lowest BCUT2D eigenvalue weighted by molar-refractivity contribution is -0.125. The summed E-state index contributed by atoms with van der Waals surface area (Å²) in [7, 11) is 0. The van der Waals surface area contributed by atoms with Crippen molar-refractivity contribution in [2.45, 2.75) is 39.2 Å².